The monoisotopic (exact) mass is 278 g/mol. The van der Waals surface area contributed by atoms with E-state index in [-0.39, 0.29) is 5.82 Å². The molecule has 0 aromatic carbocycles. The molecular weight excluding hydrogens is 268 g/mol. The van der Waals surface area contributed by atoms with Crippen LogP contribution >= 0.6 is 11.3 Å². The van der Waals surface area contributed by atoms with E-state index in [1.54, 1.807) is 17.8 Å². The Morgan fingerprint density at radius 3 is 3.21 bits per heavy atom. The SMILES string of the molecule is O=[N+]([O-])c1c(NCCc2ccco2)nc2sccn12. The Morgan fingerprint density at radius 2 is 2.47 bits per heavy atom. The fraction of sp³-hybridized carbons (Fsp3) is 0.182. The predicted octanol–water partition coefficient (Wildman–Crippen LogP) is 2.55. The molecule has 98 valence electrons. The highest BCUT2D eigenvalue weighted by atomic mass is 32.1. The number of thiazole rings is 1. The zero-order valence-electron chi connectivity index (χ0n) is 9.78. The highest BCUT2D eigenvalue weighted by Crippen LogP contribution is 2.27. The van der Waals surface area contributed by atoms with E-state index in [1.165, 1.54) is 15.7 Å². The molecule has 19 heavy (non-hydrogen) atoms. The molecule has 0 bridgehead atoms. The van der Waals surface area contributed by atoms with Crippen molar-refractivity contribution in [2.75, 3.05) is 11.9 Å². The highest BCUT2D eigenvalue weighted by molar-refractivity contribution is 7.15. The Balaban J connectivity index is 1.78. The number of furan rings is 1. The maximum absolute atomic E-state index is 11.1. The van der Waals surface area contributed by atoms with Gasteiger partial charge in [0.05, 0.1) is 6.26 Å². The average Bonchev–Trinajstić information content (AvgIpc) is 3.02. The van der Waals surface area contributed by atoms with Gasteiger partial charge in [-0.15, -0.1) is 0 Å². The van der Waals surface area contributed by atoms with Crippen molar-refractivity contribution in [3.8, 4) is 0 Å². The van der Waals surface area contributed by atoms with Crippen LogP contribution in [0.5, 0.6) is 0 Å². The summed E-state index contributed by atoms with van der Waals surface area (Å²) in [5, 5.41) is 15.8. The fourth-order valence-electron chi connectivity index (χ4n) is 1.83. The van der Waals surface area contributed by atoms with Crippen molar-refractivity contribution >= 4 is 27.9 Å². The van der Waals surface area contributed by atoms with E-state index in [4.69, 9.17) is 4.42 Å². The molecule has 0 atom stereocenters. The van der Waals surface area contributed by atoms with E-state index in [0.717, 1.165) is 5.76 Å². The Hall–Kier alpha value is -2.35. The number of anilines is 1. The normalized spacial score (nSPS) is 10.9. The van der Waals surface area contributed by atoms with Gasteiger partial charge in [-0.25, -0.2) is 0 Å². The number of fused-ring (bicyclic) bond motifs is 1. The minimum absolute atomic E-state index is 0.0318. The smallest absolute Gasteiger partial charge is 0.372 e. The van der Waals surface area contributed by atoms with Crippen molar-refractivity contribution in [1.29, 1.82) is 0 Å². The summed E-state index contributed by atoms with van der Waals surface area (Å²) in [6.07, 6.45) is 3.89. The number of hydrogen-bond acceptors (Lipinski definition) is 6. The van der Waals surface area contributed by atoms with Gasteiger partial charge in [0.1, 0.15) is 12.0 Å². The lowest BCUT2D eigenvalue weighted by atomic mass is 10.3. The van der Waals surface area contributed by atoms with E-state index in [0.29, 0.717) is 23.7 Å². The van der Waals surface area contributed by atoms with Crippen LogP contribution in [0.2, 0.25) is 0 Å². The molecule has 0 aliphatic rings. The first kappa shape index (κ1) is 11.7. The van der Waals surface area contributed by atoms with Crippen molar-refractivity contribution in [2.45, 2.75) is 6.42 Å². The Labute approximate surface area is 111 Å². The van der Waals surface area contributed by atoms with Gasteiger partial charge >= 0.3 is 5.82 Å². The van der Waals surface area contributed by atoms with Gasteiger partial charge in [0.15, 0.2) is 0 Å². The second kappa shape index (κ2) is 4.73. The summed E-state index contributed by atoms with van der Waals surface area (Å²) < 4.78 is 6.67. The summed E-state index contributed by atoms with van der Waals surface area (Å²) in [6, 6.07) is 3.67. The average molecular weight is 278 g/mol. The van der Waals surface area contributed by atoms with Crippen molar-refractivity contribution in [2.24, 2.45) is 0 Å². The summed E-state index contributed by atoms with van der Waals surface area (Å²) in [7, 11) is 0. The van der Waals surface area contributed by atoms with Gasteiger partial charge in [0, 0.05) is 18.3 Å². The number of imidazole rings is 1. The fourth-order valence-corrected chi connectivity index (χ4v) is 2.53. The maximum atomic E-state index is 11.1. The molecule has 0 unspecified atom stereocenters. The van der Waals surface area contributed by atoms with Gasteiger partial charge in [-0.3, -0.25) is 0 Å². The van der Waals surface area contributed by atoms with Gasteiger partial charge in [-0.2, -0.15) is 9.38 Å². The largest absolute Gasteiger partial charge is 0.469 e. The van der Waals surface area contributed by atoms with Gasteiger partial charge in [-0.05, 0) is 17.1 Å². The van der Waals surface area contributed by atoms with Crippen LogP contribution in [-0.4, -0.2) is 20.9 Å². The Bertz CT molecular complexity index is 701. The summed E-state index contributed by atoms with van der Waals surface area (Å²) >= 11 is 1.36. The minimum atomic E-state index is -0.429. The molecule has 0 saturated heterocycles. The van der Waals surface area contributed by atoms with Gasteiger partial charge in [-0.1, -0.05) is 11.3 Å². The zero-order valence-corrected chi connectivity index (χ0v) is 10.6. The molecule has 0 saturated carbocycles. The Morgan fingerprint density at radius 1 is 1.58 bits per heavy atom. The first-order valence-corrected chi connectivity index (χ1v) is 6.50. The molecule has 3 aromatic rings. The zero-order chi connectivity index (χ0) is 13.2. The summed E-state index contributed by atoms with van der Waals surface area (Å²) in [4.78, 5) is 15.5. The molecule has 0 aliphatic heterocycles. The van der Waals surface area contributed by atoms with Gasteiger partial charge in [0.25, 0.3) is 4.96 Å². The molecule has 0 amide bonds. The van der Waals surface area contributed by atoms with Crippen LogP contribution in [0.4, 0.5) is 11.6 Å². The standard InChI is InChI=1S/C11H10N4O3S/c16-15(17)10-9(13-11-14(10)5-7-19-11)12-4-3-8-2-1-6-18-8/h1-2,5-7,12H,3-4H2. The molecule has 1 N–H and O–H groups in total. The second-order valence-corrected chi connectivity index (χ2v) is 4.73. The van der Waals surface area contributed by atoms with Crippen LogP contribution < -0.4 is 5.32 Å². The maximum Gasteiger partial charge on any atom is 0.372 e. The van der Waals surface area contributed by atoms with Crippen LogP contribution in [-0.2, 0) is 6.42 Å². The molecular formula is C11H10N4O3S. The predicted molar refractivity (Wildman–Crippen MR) is 70.6 cm³/mol. The topological polar surface area (TPSA) is 85.6 Å². The van der Waals surface area contributed by atoms with Crippen molar-refractivity contribution < 1.29 is 9.34 Å². The Kier molecular flexibility index (Phi) is 2.92. The lowest BCUT2D eigenvalue weighted by Gasteiger charge is -2.01. The van der Waals surface area contributed by atoms with Crippen molar-refractivity contribution in [1.82, 2.24) is 9.38 Å². The molecule has 0 spiro atoms. The van der Waals surface area contributed by atoms with E-state index in [9.17, 15) is 10.1 Å². The minimum Gasteiger partial charge on any atom is -0.469 e. The molecule has 0 fully saturated rings. The highest BCUT2D eigenvalue weighted by Gasteiger charge is 2.23. The van der Waals surface area contributed by atoms with Crippen LogP contribution in [0, 0.1) is 10.1 Å². The molecule has 8 heteroatoms. The first-order chi connectivity index (χ1) is 9.25. The number of nitro groups is 1. The van der Waals surface area contributed by atoms with E-state index in [2.05, 4.69) is 10.3 Å². The van der Waals surface area contributed by atoms with E-state index < -0.39 is 4.92 Å². The quantitative estimate of drug-likeness (QED) is 0.572. The lowest BCUT2D eigenvalue weighted by Crippen LogP contribution is -2.06. The molecule has 7 nitrogen and oxygen atoms in total. The van der Waals surface area contributed by atoms with E-state index in [1.807, 2.05) is 12.1 Å². The molecule has 0 aliphatic carbocycles. The molecule has 3 aromatic heterocycles. The van der Waals surface area contributed by atoms with Crippen LogP contribution in [0.3, 0.4) is 0 Å². The third-order valence-corrected chi connectivity index (χ3v) is 3.41. The lowest BCUT2D eigenvalue weighted by molar-refractivity contribution is -0.389. The number of nitrogens with one attached hydrogen (secondary N) is 1. The number of aromatic nitrogens is 2. The van der Waals surface area contributed by atoms with Crippen LogP contribution in [0.25, 0.3) is 4.96 Å². The van der Waals surface area contributed by atoms with Crippen LogP contribution in [0.15, 0.2) is 34.4 Å². The van der Waals surface area contributed by atoms with E-state index >= 15 is 0 Å². The second-order valence-electron chi connectivity index (χ2n) is 3.85. The number of nitrogens with zero attached hydrogens (tertiary/aromatic N) is 3. The first-order valence-electron chi connectivity index (χ1n) is 5.62. The summed E-state index contributed by atoms with van der Waals surface area (Å²) in [6.45, 7) is 0.527. The molecule has 3 rings (SSSR count). The third-order valence-electron chi connectivity index (χ3n) is 2.65. The molecule has 0 radical (unpaired) electrons. The van der Waals surface area contributed by atoms with Gasteiger partial charge < -0.3 is 19.8 Å². The summed E-state index contributed by atoms with van der Waals surface area (Å²) in [5.41, 5.74) is 0. The van der Waals surface area contributed by atoms with Crippen LogP contribution in [0.1, 0.15) is 5.76 Å². The number of hydrogen-bond donors (Lipinski definition) is 1. The summed E-state index contributed by atoms with van der Waals surface area (Å²) in [5.74, 6) is 1.09. The third kappa shape index (κ3) is 2.17. The van der Waals surface area contributed by atoms with Crippen molar-refractivity contribution in [3.63, 3.8) is 0 Å². The van der Waals surface area contributed by atoms with Gasteiger partial charge in [0.2, 0.25) is 5.82 Å². The van der Waals surface area contributed by atoms with Crippen molar-refractivity contribution in [3.05, 3.63) is 45.8 Å². The number of rotatable bonds is 5. The molecule has 3 heterocycles.